The van der Waals surface area contributed by atoms with Gasteiger partial charge in [-0.1, -0.05) is 13.0 Å². The Morgan fingerprint density at radius 3 is 2.64 bits per heavy atom. The van der Waals surface area contributed by atoms with Crippen LogP contribution in [0, 0.1) is 19.7 Å². The van der Waals surface area contributed by atoms with Crippen LogP contribution in [-0.4, -0.2) is 39.4 Å². The van der Waals surface area contributed by atoms with Gasteiger partial charge in [-0.2, -0.15) is 9.36 Å². The molecule has 0 aliphatic heterocycles. The molecule has 150 valence electrons. The predicted octanol–water partition coefficient (Wildman–Crippen LogP) is 5.06. The van der Waals surface area contributed by atoms with Crippen LogP contribution in [0.25, 0.3) is 11.4 Å². The van der Waals surface area contributed by atoms with E-state index in [0.717, 1.165) is 48.6 Å². The van der Waals surface area contributed by atoms with E-state index in [1.165, 1.54) is 23.4 Å². The van der Waals surface area contributed by atoms with E-state index < -0.39 is 5.82 Å². The highest BCUT2D eigenvalue weighted by molar-refractivity contribution is 7.07. The summed E-state index contributed by atoms with van der Waals surface area (Å²) in [6, 6.07) is 5.57. The Morgan fingerprint density at radius 1 is 1.14 bits per heavy atom. The van der Waals surface area contributed by atoms with Crippen LogP contribution in [0.15, 0.2) is 30.6 Å². The molecule has 3 aromatic rings. The Morgan fingerprint density at radius 2 is 1.93 bits per heavy atom. The molecule has 0 N–H and O–H groups in total. The number of hydrogen-bond donors (Lipinski definition) is 0. The molecule has 0 saturated heterocycles. The summed E-state index contributed by atoms with van der Waals surface area (Å²) in [6.07, 6.45) is 3.69. The van der Waals surface area contributed by atoms with Crippen LogP contribution < -0.4 is 4.74 Å². The van der Waals surface area contributed by atoms with E-state index in [0.29, 0.717) is 16.6 Å². The maximum atomic E-state index is 13.3. The molecule has 0 spiro atoms. The van der Waals surface area contributed by atoms with Crippen molar-refractivity contribution >= 4 is 23.9 Å². The Labute approximate surface area is 175 Å². The van der Waals surface area contributed by atoms with E-state index in [9.17, 15) is 4.39 Å². The van der Waals surface area contributed by atoms with E-state index in [1.54, 1.807) is 0 Å². The summed E-state index contributed by atoms with van der Waals surface area (Å²) in [5, 5.41) is 0.426. The van der Waals surface area contributed by atoms with Gasteiger partial charge in [-0.05, 0) is 62.7 Å². The predicted molar refractivity (Wildman–Crippen MR) is 113 cm³/mol. The fourth-order valence-electron chi connectivity index (χ4n) is 2.69. The smallest absolute Gasteiger partial charge is 0.299 e. The van der Waals surface area contributed by atoms with E-state index in [-0.39, 0.29) is 12.4 Å². The molecule has 0 unspecified atom stereocenters. The Hall–Kier alpha value is -2.09. The highest BCUT2D eigenvalue weighted by atomic mass is 35.5. The average Bonchev–Trinajstić information content (AvgIpc) is 3.11. The number of aryl methyl sites for hydroxylation is 2. The highest BCUT2D eigenvalue weighted by Crippen LogP contribution is 2.31. The first-order valence-corrected chi connectivity index (χ1v) is 9.64. The third-order valence-electron chi connectivity index (χ3n) is 4.50. The molecular formula is C20H24ClFN4OS. The van der Waals surface area contributed by atoms with Crippen LogP contribution in [0.1, 0.15) is 23.6 Å². The summed E-state index contributed by atoms with van der Waals surface area (Å²) >= 11 is 1.14. The third kappa shape index (κ3) is 5.47. The number of likely N-dealkylation sites (N-methyl/N-ethyl adjacent to an activating group) is 1. The number of ether oxygens (including phenoxy) is 1. The van der Waals surface area contributed by atoms with Crippen molar-refractivity contribution in [1.82, 2.24) is 19.2 Å². The fraction of sp³-hybridized carbons (Fsp3) is 0.350. The standard InChI is InChI=1S/C20H23FN4OS.ClH/c1-5-25(4)7-6-15-8-14(3)18(9-13(15)2)26-20-23-19(24-27-20)16-10-17(21)12-22-11-16;/h8-12H,5-7H2,1-4H3;1H. The van der Waals surface area contributed by atoms with Gasteiger partial charge >= 0.3 is 0 Å². The summed E-state index contributed by atoms with van der Waals surface area (Å²) in [7, 11) is 2.13. The lowest BCUT2D eigenvalue weighted by atomic mass is 10.0. The van der Waals surface area contributed by atoms with Crippen molar-refractivity contribution in [3.05, 3.63) is 53.1 Å². The zero-order valence-electron chi connectivity index (χ0n) is 16.4. The normalized spacial score (nSPS) is 10.8. The van der Waals surface area contributed by atoms with Crippen LogP contribution in [0.2, 0.25) is 0 Å². The van der Waals surface area contributed by atoms with Crippen LogP contribution in [-0.2, 0) is 6.42 Å². The van der Waals surface area contributed by atoms with Crippen LogP contribution >= 0.6 is 23.9 Å². The number of aromatic nitrogens is 3. The van der Waals surface area contributed by atoms with Crippen molar-refractivity contribution in [1.29, 1.82) is 0 Å². The second-order valence-electron chi connectivity index (χ2n) is 6.57. The van der Waals surface area contributed by atoms with Gasteiger partial charge in [-0.25, -0.2) is 4.39 Å². The van der Waals surface area contributed by atoms with Crippen molar-refractivity contribution in [3.63, 3.8) is 0 Å². The van der Waals surface area contributed by atoms with E-state index in [4.69, 9.17) is 4.74 Å². The molecule has 0 radical (unpaired) electrons. The summed E-state index contributed by atoms with van der Waals surface area (Å²) in [5.41, 5.74) is 4.10. The minimum atomic E-state index is -0.416. The maximum absolute atomic E-state index is 13.3. The van der Waals surface area contributed by atoms with Crippen molar-refractivity contribution in [2.45, 2.75) is 27.2 Å². The van der Waals surface area contributed by atoms with Gasteiger partial charge in [0.15, 0.2) is 5.82 Å². The molecule has 2 heterocycles. The summed E-state index contributed by atoms with van der Waals surface area (Å²) in [6.45, 7) is 8.35. The molecule has 0 bridgehead atoms. The maximum Gasteiger partial charge on any atom is 0.299 e. The average molecular weight is 423 g/mol. The molecule has 3 rings (SSSR count). The van der Waals surface area contributed by atoms with Crippen molar-refractivity contribution in [2.75, 3.05) is 20.1 Å². The molecule has 5 nitrogen and oxygen atoms in total. The van der Waals surface area contributed by atoms with E-state index in [1.807, 2.05) is 13.0 Å². The first-order valence-electron chi connectivity index (χ1n) is 8.87. The molecule has 0 aliphatic rings. The summed E-state index contributed by atoms with van der Waals surface area (Å²) in [4.78, 5) is 10.5. The highest BCUT2D eigenvalue weighted by Gasteiger charge is 2.12. The minimum Gasteiger partial charge on any atom is -0.430 e. The number of rotatable bonds is 7. The fourth-order valence-corrected chi connectivity index (χ4v) is 3.26. The molecule has 0 atom stereocenters. The van der Waals surface area contributed by atoms with Gasteiger partial charge in [0, 0.05) is 29.8 Å². The van der Waals surface area contributed by atoms with Crippen LogP contribution in [0.5, 0.6) is 10.9 Å². The quantitative estimate of drug-likeness (QED) is 0.532. The molecular weight excluding hydrogens is 399 g/mol. The van der Waals surface area contributed by atoms with Gasteiger partial charge in [0.2, 0.25) is 0 Å². The molecule has 0 fully saturated rings. The van der Waals surface area contributed by atoms with Crippen LogP contribution in [0.4, 0.5) is 4.39 Å². The molecule has 28 heavy (non-hydrogen) atoms. The zero-order valence-corrected chi connectivity index (χ0v) is 18.0. The van der Waals surface area contributed by atoms with Gasteiger partial charge in [0.05, 0.1) is 6.20 Å². The molecule has 2 aromatic heterocycles. The second kappa shape index (κ2) is 9.91. The van der Waals surface area contributed by atoms with Crippen molar-refractivity contribution < 1.29 is 9.13 Å². The number of nitrogens with zero attached hydrogens (tertiary/aromatic N) is 4. The van der Waals surface area contributed by atoms with Gasteiger partial charge in [-0.3, -0.25) is 4.98 Å². The van der Waals surface area contributed by atoms with Crippen molar-refractivity contribution in [3.8, 4) is 22.3 Å². The molecule has 1 aromatic carbocycles. The second-order valence-corrected chi connectivity index (χ2v) is 7.28. The van der Waals surface area contributed by atoms with E-state index in [2.05, 4.69) is 46.2 Å². The first-order chi connectivity index (χ1) is 13.0. The number of pyridine rings is 1. The van der Waals surface area contributed by atoms with Gasteiger partial charge in [0.25, 0.3) is 5.19 Å². The lowest BCUT2D eigenvalue weighted by Crippen LogP contribution is -2.20. The lowest BCUT2D eigenvalue weighted by molar-refractivity contribution is 0.357. The van der Waals surface area contributed by atoms with Gasteiger partial charge in [-0.15, -0.1) is 12.4 Å². The number of halogens is 2. The molecule has 0 amide bonds. The third-order valence-corrected chi connectivity index (χ3v) is 5.10. The SMILES string of the molecule is CCN(C)CCc1cc(C)c(Oc2nc(-c3cncc(F)c3)ns2)cc1C.Cl. The Balaban J connectivity index is 0.00000280. The largest absolute Gasteiger partial charge is 0.430 e. The van der Waals surface area contributed by atoms with Crippen LogP contribution in [0.3, 0.4) is 0 Å². The summed E-state index contributed by atoms with van der Waals surface area (Å²) < 4.78 is 23.5. The molecule has 0 aliphatic carbocycles. The Kier molecular flexibility index (Phi) is 7.86. The lowest BCUT2D eigenvalue weighted by Gasteiger charge is -2.16. The van der Waals surface area contributed by atoms with Gasteiger partial charge < -0.3 is 9.64 Å². The molecule has 8 heteroatoms. The zero-order chi connectivity index (χ0) is 19.4. The first kappa shape index (κ1) is 22.2. The molecule has 0 saturated carbocycles. The number of benzene rings is 1. The van der Waals surface area contributed by atoms with Gasteiger partial charge in [0.1, 0.15) is 11.6 Å². The monoisotopic (exact) mass is 422 g/mol. The summed E-state index contributed by atoms with van der Waals surface area (Å²) in [5.74, 6) is 0.760. The topological polar surface area (TPSA) is 51.1 Å². The number of hydrogen-bond acceptors (Lipinski definition) is 6. The van der Waals surface area contributed by atoms with E-state index >= 15 is 0 Å². The minimum absolute atomic E-state index is 0. The Bertz CT molecular complexity index is 934. The van der Waals surface area contributed by atoms with Crippen molar-refractivity contribution in [2.24, 2.45) is 0 Å².